The van der Waals surface area contributed by atoms with Crippen LogP contribution in [0.2, 0.25) is 0 Å². The first-order valence-electron chi connectivity index (χ1n) is 6.22. The smallest absolute Gasteiger partial charge is 0.134 e. The second-order valence-corrected chi connectivity index (χ2v) is 4.11. The van der Waals surface area contributed by atoms with Gasteiger partial charge in [0.25, 0.3) is 0 Å². The van der Waals surface area contributed by atoms with Gasteiger partial charge in [0.1, 0.15) is 11.6 Å². The van der Waals surface area contributed by atoms with E-state index in [1.165, 1.54) is 5.56 Å². The van der Waals surface area contributed by atoms with Crippen molar-refractivity contribution in [3.05, 3.63) is 17.1 Å². The lowest BCUT2D eigenvalue weighted by molar-refractivity contribution is 0.599. The number of aromatic nitrogens is 2. The van der Waals surface area contributed by atoms with Crippen LogP contribution >= 0.6 is 0 Å². The van der Waals surface area contributed by atoms with Gasteiger partial charge in [-0.15, -0.1) is 0 Å². The van der Waals surface area contributed by atoms with Crippen LogP contribution in [0.1, 0.15) is 56.6 Å². The predicted molar refractivity (Wildman–Crippen MR) is 69.0 cm³/mol. The Morgan fingerprint density at radius 1 is 1.12 bits per heavy atom. The molecule has 1 rings (SSSR count). The molecule has 0 amide bonds. The summed E-state index contributed by atoms with van der Waals surface area (Å²) in [5.74, 6) is 2.47. The second-order valence-electron chi connectivity index (χ2n) is 4.11. The number of nitrogens with zero attached hydrogens (tertiary/aromatic N) is 2. The highest BCUT2D eigenvalue weighted by Gasteiger charge is 2.14. The third kappa shape index (κ3) is 2.52. The molecule has 0 bridgehead atoms. The van der Waals surface area contributed by atoms with Crippen molar-refractivity contribution in [2.24, 2.45) is 0 Å². The second kappa shape index (κ2) is 5.83. The largest absolute Gasteiger partial charge is 0.373 e. The Hall–Kier alpha value is -1.12. The number of hydrogen-bond acceptors (Lipinski definition) is 3. The first kappa shape index (κ1) is 12.9. The van der Waals surface area contributed by atoms with E-state index in [9.17, 15) is 0 Å². The van der Waals surface area contributed by atoms with Gasteiger partial charge in [-0.2, -0.15) is 0 Å². The summed E-state index contributed by atoms with van der Waals surface area (Å²) in [7, 11) is 1.93. The molecular formula is C13H23N3. The van der Waals surface area contributed by atoms with Crippen LogP contribution in [-0.2, 0) is 6.42 Å². The van der Waals surface area contributed by atoms with Crippen LogP contribution in [0.15, 0.2) is 0 Å². The van der Waals surface area contributed by atoms with Crippen molar-refractivity contribution in [3.8, 4) is 0 Å². The van der Waals surface area contributed by atoms with Gasteiger partial charge in [-0.1, -0.05) is 20.8 Å². The van der Waals surface area contributed by atoms with Gasteiger partial charge in [-0.05, 0) is 26.2 Å². The van der Waals surface area contributed by atoms with E-state index in [0.717, 1.165) is 36.6 Å². The highest BCUT2D eigenvalue weighted by molar-refractivity contribution is 5.46. The molecule has 3 heteroatoms. The molecule has 0 fully saturated rings. The van der Waals surface area contributed by atoms with Crippen LogP contribution in [0.25, 0.3) is 0 Å². The fraction of sp³-hybridized carbons (Fsp3) is 0.692. The maximum Gasteiger partial charge on any atom is 0.134 e. The first-order valence-corrected chi connectivity index (χ1v) is 6.22. The fourth-order valence-corrected chi connectivity index (χ4v) is 2.08. The summed E-state index contributed by atoms with van der Waals surface area (Å²) < 4.78 is 0. The Labute approximate surface area is 98.7 Å². The van der Waals surface area contributed by atoms with E-state index >= 15 is 0 Å². The van der Waals surface area contributed by atoms with Crippen LogP contribution in [0, 0.1) is 6.92 Å². The molecule has 1 N–H and O–H groups in total. The van der Waals surface area contributed by atoms with Crippen LogP contribution in [0.5, 0.6) is 0 Å². The number of anilines is 1. The summed E-state index contributed by atoms with van der Waals surface area (Å²) in [6, 6.07) is 0. The zero-order chi connectivity index (χ0) is 12.1. The van der Waals surface area contributed by atoms with Gasteiger partial charge in [-0.25, -0.2) is 9.97 Å². The van der Waals surface area contributed by atoms with Crippen molar-refractivity contribution in [2.45, 2.75) is 52.9 Å². The number of nitrogens with one attached hydrogen (secondary N) is 1. The molecule has 0 radical (unpaired) electrons. The molecule has 1 aromatic heterocycles. The molecule has 0 spiro atoms. The van der Waals surface area contributed by atoms with E-state index in [1.54, 1.807) is 0 Å². The highest BCUT2D eigenvalue weighted by Crippen LogP contribution is 2.24. The number of hydrogen-bond donors (Lipinski definition) is 1. The maximum absolute atomic E-state index is 4.64. The Bertz CT molecular complexity index is 343. The molecular weight excluding hydrogens is 198 g/mol. The van der Waals surface area contributed by atoms with E-state index in [1.807, 2.05) is 7.05 Å². The SMILES string of the molecule is CCc1c(C)nc(C(CC)CC)nc1NC. The minimum Gasteiger partial charge on any atom is -0.373 e. The van der Waals surface area contributed by atoms with Crippen LogP contribution in [-0.4, -0.2) is 17.0 Å². The summed E-state index contributed by atoms with van der Waals surface area (Å²) in [5, 5.41) is 3.18. The summed E-state index contributed by atoms with van der Waals surface area (Å²) in [4.78, 5) is 9.29. The van der Waals surface area contributed by atoms with Gasteiger partial charge in [0.05, 0.1) is 0 Å². The molecule has 1 aromatic rings. The molecule has 0 saturated heterocycles. The molecule has 1 heterocycles. The Kier molecular flexibility index (Phi) is 4.71. The summed E-state index contributed by atoms with van der Waals surface area (Å²) in [6.45, 7) is 8.61. The van der Waals surface area contributed by atoms with Crippen LogP contribution in [0.3, 0.4) is 0 Å². The van der Waals surface area contributed by atoms with Gasteiger partial charge in [-0.3, -0.25) is 0 Å². The Morgan fingerprint density at radius 2 is 1.75 bits per heavy atom. The van der Waals surface area contributed by atoms with Crippen molar-refractivity contribution in [1.82, 2.24) is 9.97 Å². The molecule has 90 valence electrons. The highest BCUT2D eigenvalue weighted by atomic mass is 15.0. The molecule has 0 unspecified atom stereocenters. The fourth-order valence-electron chi connectivity index (χ4n) is 2.08. The summed E-state index contributed by atoms with van der Waals surface area (Å²) >= 11 is 0. The Balaban J connectivity index is 3.19. The quantitative estimate of drug-likeness (QED) is 0.829. The minimum atomic E-state index is 0.483. The summed E-state index contributed by atoms with van der Waals surface area (Å²) in [5.41, 5.74) is 2.35. The average Bonchev–Trinajstić information content (AvgIpc) is 2.29. The van der Waals surface area contributed by atoms with E-state index in [2.05, 4.69) is 43.0 Å². The third-order valence-corrected chi connectivity index (χ3v) is 3.17. The molecule has 0 aromatic carbocycles. The topological polar surface area (TPSA) is 37.8 Å². The van der Waals surface area contributed by atoms with Crippen molar-refractivity contribution in [2.75, 3.05) is 12.4 Å². The van der Waals surface area contributed by atoms with Gasteiger partial charge >= 0.3 is 0 Å². The lowest BCUT2D eigenvalue weighted by atomic mass is 10.0. The molecule has 0 aliphatic carbocycles. The van der Waals surface area contributed by atoms with E-state index in [-0.39, 0.29) is 0 Å². The van der Waals surface area contributed by atoms with Gasteiger partial charge in [0.15, 0.2) is 0 Å². The standard InChI is InChI=1S/C13H23N3/c1-6-10(7-2)12-15-9(4)11(8-3)13(14-5)16-12/h10H,6-8H2,1-5H3,(H,14,15,16). The van der Waals surface area contributed by atoms with E-state index in [0.29, 0.717) is 5.92 Å². The minimum absolute atomic E-state index is 0.483. The molecule has 0 atom stereocenters. The summed E-state index contributed by atoms with van der Waals surface area (Å²) in [6.07, 6.45) is 3.18. The maximum atomic E-state index is 4.64. The van der Waals surface area contributed by atoms with Gasteiger partial charge in [0, 0.05) is 24.2 Å². The molecule has 0 aliphatic rings. The average molecular weight is 221 g/mol. The van der Waals surface area contributed by atoms with Crippen molar-refractivity contribution < 1.29 is 0 Å². The van der Waals surface area contributed by atoms with Crippen LogP contribution in [0.4, 0.5) is 5.82 Å². The normalized spacial score (nSPS) is 10.9. The van der Waals surface area contributed by atoms with Gasteiger partial charge in [0.2, 0.25) is 0 Å². The van der Waals surface area contributed by atoms with Crippen molar-refractivity contribution in [3.63, 3.8) is 0 Å². The number of aryl methyl sites for hydroxylation is 1. The van der Waals surface area contributed by atoms with Gasteiger partial charge < -0.3 is 5.32 Å². The number of rotatable bonds is 5. The third-order valence-electron chi connectivity index (χ3n) is 3.17. The molecule has 16 heavy (non-hydrogen) atoms. The zero-order valence-electron chi connectivity index (χ0n) is 11.1. The van der Waals surface area contributed by atoms with Crippen molar-refractivity contribution in [1.29, 1.82) is 0 Å². The van der Waals surface area contributed by atoms with E-state index in [4.69, 9.17) is 0 Å². The molecule has 0 aliphatic heterocycles. The van der Waals surface area contributed by atoms with E-state index < -0.39 is 0 Å². The molecule has 3 nitrogen and oxygen atoms in total. The zero-order valence-corrected chi connectivity index (χ0v) is 11.1. The lowest BCUT2D eigenvalue weighted by Gasteiger charge is -2.16. The van der Waals surface area contributed by atoms with Crippen LogP contribution < -0.4 is 5.32 Å². The predicted octanol–water partition coefficient (Wildman–Crippen LogP) is 3.29. The first-order chi connectivity index (χ1) is 7.67. The monoisotopic (exact) mass is 221 g/mol. The molecule has 0 saturated carbocycles. The lowest BCUT2D eigenvalue weighted by Crippen LogP contribution is -2.10. The van der Waals surface area contributed by atoms with Crippen molar-refractivity contribution >= 4 is 5.82 Å². The Morgan fingerprint density at radius 3 is 2.19 bits per heavy atom.